The van der Waals surface area contributed by atoms with Crippen molar-refractivity contribution < 1.29 is 14.5 Å². The zero-order chi connectivity index (χ0) is 13.1. The van der Waals surface area contributed by atoms with E-state index in [1.807, 2.05) is 13.8 Å². The molecule has 0 saturated heterocycles. The third kappa shape index (κ3) is 4.76. The monoisotopic (exact) mass is 299 g/mol. The highest BCUT2D eigenvalue weighted by Gasteiger charge is 2.38. The van der Waals surface area contributed by atoms with Crippen molar-refractivity contribution in [2.45, 2.75) is 29.8 Å². The van der Waals surface area contributed by atoms with Gasteiger partial charge >= 0.3 is 0 Å². The highest BCUT2D eigenvalue weighted by molar-refractivity contribution is 6.68. The van der Waals surface area contributed by atoms with Gasteiger partial charge in [0.25, 0.3) is 9.70 Å². The fourth-order valence-electron chi connectivity index (χ4n) is 1.24. The molecule has 4 nitrogen and oxygen atoms in total. The number of halogens is 3. The standard InChI is InChI=1S/C10H13Cl3N2O2/c1-6(2)14-9(10(11,12)13)15-8(16)7-4-3-5-17-7/h3-6,9,14H,1-2H3,(H,15,16)/p+1/t9-/m1/s1. The van der Waals surface area contributed by atoms with Crippen LogP contribution in [0.4, 0.5) is 0 Å². The summed E-state index contributed by atoms with van der Waals surface area (Å²) in [6.45, 7) is 3.87. The second-order valence-electron chi connectivity index (χ2n) is 3.91. The minimum atomic E-state index is -1.59. The quantitative estimate of drug-likeness (QED) is 0.656. The third-order valence-electron chi connectivity index (χ3n) is 1.96. The molecular formula is C10H14Cl3N2O2+. The van der Waals surface area contributed by atoms with Gasteiger partial charge in [0.2, 0.25) is 6.17 Å². The van der Waals surface area contributed by atoms with Gasteiger partial charge in [0.05, 0.1) is 12.3 Å². The summed E-state index contributed by atoms with van der Waals surface area (Å²) in [5, 5.41) is 4.36. The average molecular weight is 301 g/mol. The first kappa shape index (κ1) is 14.6. The van der Waals surface area contributed by atoms with Crippen molar-refractivity contribution in [2.24, 2.45) is 0 Å². The molecule has 1 rings (SSSR count). The molecule has 0 fully saturated rings. The zero-order valence-corrected chi connectivity index (χ0v) is 11.7. The van der Waals surface area contributed by atoms with E-state index in [4.69, 9.17) is 39.2 Å². The van der Waals surface area contributed by atoms with Crippen LogP contribution in [0, 0.1) is 0 Å². The van der Waals surface area contributed by atoms with Gasteiger partial charge in [-0.15, -0.1) is 0 Å². The molecule has 0 aliphatic heterocycles. The Morgan fingerprint density at radius 1 is 1.47 bits per heavy atom. The molecule has 0 bridgehead atoms. The molecule has 0 saturated carbocycles. The molecule has 0 aromatic carbocycles. The maximum absolute atomic E-state index is 11.7. The van der Waals surface area contributed by atoms with Crippen LogP contribution in [0.5, 0.6) is 0 Å². The first-order valence-corrected chi connectivity index (χ1v) is 6.20. The Bertz CT molecular complexity index is 360. The molecule has 7 heteroatoms. The number of rotatable bonds is 4. The van der Waals surface area contributed by atoms with E-state index in [-0.39, 0.29) is 11.8 Å². The van der Waals surface area contributed by atoms with Crippen LogP contribution in [0.3, 0.4) is 0 Å². The van der Waals surface area contributed by atoms with Crippen LogP contribution in [0.15, 0.2) is 22.8 Å². The number of nitrogens with two attached hydrogens (primary N) is 1. The number of hydrogen-bond donors (Lipinski definition) is 2. The Morgan fingerprint density at radius 2 is 2.12 bits per heavy atom. The van der Waals surface area contributed by atoms with Gasteiger partial charge in [-0.1, -0.05) is 34.8 Å². The van der Waals surface area contributed by atoms with Crippen LogP contribution in [0.2, 0.25) is 0 Å². The predicted octanol–water partition coefficient (Wildman–Crippen LogP) is 1.68. The Kier molecular flexibility index (Phi) is 5.13. The van der Waals surface area contributed by atoms with E-state index in [1.165, 1.54) is 6.26 Å². The minimum Gasteiger partial charge on any atom is -0.459 e. The Balaban J connectivity index is 2.70. The number of amides is 1. The van der Waals surface area contributed by atoms with Crippen LogP contribution in [0.25, 0.3) is 0 Å². The first-order chi connectivity index (χ1) is 7.80. The van der Waals surface area contributed by atoms with Gasteiger partial charge in [-0.2, -0.15) is 0 Å². The van der Waals surface area contributed by atoms with Crippen LogP contribution >= 0.6 is 34.8 Å². The number of alkyl halides is 3. The molecule has 0 unspecified atom stereocenters. The third-order valence-corrected chi connectivity index (χ3v) is 2.67. The molecule has 1 heterocycles. The van der Waals surface area contributed by atoms with Gasteiger partial charge in [0.15, 0.2) is 5.76 Å². The number of quaternary nitrogens is 1. The summed E-state index contributed by atoms with van der Waals surface area (Å²) in [5.74, 6) is -0.232. The molecule has 0 aliphatic carbocycles. The summed E-state index contributed by atoms with van der Waals surface area (Å²) in [5.41, 5.74) is 0. The molecule has 0 radical (unpaired) electrons. The lowest BCUT2D eigenvalue weighted by Gasteiger charge is -2.24. The molecule has 1 atom stereocenters. The highest BCUT2D eigenvalue weighted by atomic mass is 35.6. The normalized spacial score (nSPS) is 13.8. The number of furan rings is 1. The Hall–Kier alpha value is -0.420. The second-order valence-corrected chi connectivity index (χ2v) is 6.28. The van der Waals surface area contributed by atoms with Crippen LogP contribution < -0.4 is 10.6 Å². The van der Waals surface area contributed by atoms with E-state index in [9.17, 15) is 4.79 Å². The van der Waals surface area contributed by atoms with Crippen LogP contribution in [0.1, 0.15) is 24.4 Å². The predicted molar refractivity (Wildman–Crippen MR) is 67.3 cm³/mol. The van der Waals surface area contributed by atoms with Gasteiger partial charge in [0, 0.05) is 0 Å². The highest BCUT2D eigenvalue weighted by Crippen LogP contribution is 2.27. The second kappa shape index (κ2) is 5.96. The zero-order valence-electron chi connectivity index (χ0n) is 9.41. The van der Waals surface area contributed by atoms with E-state index < -0.39 is 15.9 Å². The van der Waals surface area contributed by atoms with Crippen molar-refractivity contribution in [3.63, 3.8) is 0 Å². The Morgan fingerprint density at radius 3 is 2.53 bits per heavy atom. The molecule has 1 amide bonds. The van der Waals surface area contributed by atoms with Crippen molar-refractivity contribution in [3.8, 4) is 0 Å². The number of carbonyl (C=O) groups is 1. The molecule has 96 valence electrons. The molecule has 3 N–H and O–H groups in total. The van der Waals surface area contributed by atoms with Gasteiger partial charge in [-0.25, -0.2) is 0 Å². The smallest absolute Gasteiger partial charge is 0.291 e. The largest absolute Gasteiger partial charge is 0.459 e. The maximum Gasteiger partial charge on any atom is 0.291 e. The maximum atomic E-state index is 11.7. The van der Waals surface area contributed by atoms with Gasteiger partial charge < -0.3 is 9.73 Å². The first-order valence-electron chi connectivity index (χ1n) is 5.06. The topological polar surface area (TPSA) is 58.9 Å². The van der Waals surface area contributed by atoms with Gasteiger partial charge in [-0.05, 0) is 26.0 Å². The fraction of sp³-hybridized carbons (Fsp3) is 0.500. The molecule has 1 aromatic heterocycles. The van der Waals surface area contributed by atoms with Crippen molar-refractivity contribution in [2.75, 3.05) is 0 Å². The number of nitrogens with one attached hydrogen (secondary N) is 1. The summed E-state index contributed by atoms with van der Waals surface area (Å²) in [6, 6.07) is 3.33. The van der Waals surface area contributed by atoms with Crippen molar-refractivity contribution >= 4 is 40.7 Å². The van der Waals surface area contributed by atoms with Crippen molar-refractivity contribution in [3.05, 3.63) is 24.2 Å². The van der Waals surface area contributed by atoms with Crippen LogP contribution in [-0.2, 0) is 0 Å². The van der Waals surface area contributed by atoms with E-state index >= 15 is 0 Å². The number of carbonyl (C=O) groups excluding carboxylic acids is 1. The van der Waals surface area contributed by atoms with Crippen LogP contribution in [-0.4, -0.2) is 21.9 Å². The van der Waals surface area contributed by atoms with Gasteiger partial charge in [-0.3, -0.25) is 10.1 Å². The summed E-state index contributed by atoms with van der Waals surface area (Å²) >= 11 is 17.4. The summed E-state index contributed by atoms with van der Waals surface area (Å²) in [4.78, 5) is 11.7. The van der Waals surface area contributed by atoms with Crippen molar-refractivity contribution in [1.29, 1.82) is 0 Å². The summed E-state index contributed by atoms with van der Waals surface area (Å²) in [6.07, 6.45) is 0.732. The molecule has 17 heavy (non-hydrogen) atoms. The van der Waals surface area contributed by atoms with E-state index in [1.54, 1.807) is 17.4 Å². The van der Waals surface area contributed by atoms with Gasteiger partial charge in [0.1, 0.15) is 0 Å². The molecular weight excluding hydrogens is 286 g/mol. The molecule has 1 aromatic rings. The van der Waals surface area contributed by atoms with E-state index in [2.05, 4.69) is 5.32 Å². The Labute approximate surface area is 115 Å². The van der Waals surface area contributed by atoms with Crippen molar-refractivity contribution in [1.82, 2.24) is 5.32 Å². The summed E-state index contributed by atoms with van der Waals surface area (Å²) < 4.78 is 3.37. The number of hydrogen-bond acceptors (Lipinski definition) is 2. The lowest BCUT2D eigenvalue weighted by atomic mass is 10.3. The molecule has 0 aliphatic rings. The van der Waals surface area contributed by atoms with E-state index in [0.717, 1.165) is 0 Å². The fourth-order valence-corrected chi connectivity index (χ4v) is 1.63. The summed E-state index contributed by atoms with van der Waals surface area (Å²) in [7, 11) is 0. The molecule has 0 spiro atoms. The van der Waals surface area contributed by atoms with E-state index in [0.29, 0.717) is 0 Å². The SMILES string of the molecule is CC(C)[NH2+][C@H](NC(=O)c1ccco1)C(Cl)(Cl)Cl. The lowest BCUT2D eigenvalue weighted by Crippen LogP contribution is -2.99. The minimum absolute atomic E-state index is 0.174. The lowest BCUT2D eigenvalue weighted by molar-refractivity contribution is -0.717. The average Bonchev–Trinajstić information content (AvgIpc) is 2.66.